The van der Waals surface area contributed by atoms with Gasteiger partial charge >= 0.3 is 0 Å². The minimum absolute atomic E-state index is 0.641. The van der Waals surface area contributed by atoms with Gasteiger partial charge in [-0.15, -0.1) is 0 Å². The highest BCUT2D eigenvalue weighted by Gasteiger charge is 2.12. The van der Waals surface area contributed by atoms with Crippen LogP contribution < -0.4 is 0 Å². The fourth-order valence-corrected chi connectivity index (χ4v) is 2.39. The lowest BCUT2D eigenvalue weighted by molar-refractivity contribution is 0.915. The Morgan fingerprint density at radius 2 is 1.89 bits per heavy atom. The molecule has 2 heterocycles. The fraction of sp³-hybridized carbons (Fsp3) is 0.200. The molecule has 0 saturated carbocycles. The van der Waals surface area contributed by atoms with E-state index in [9.17, 15) is 0 Å². The molecule has 0 N–H and O–H groups in total. The van der Waals surface area contributed by atoms with Gasteiger partial charge in [-0.1, -0.05) is 41.9 Å². The molecule has 0 aliphatic carbocycles. The number of hydrogen-bond donors (Lipinski definition) is 0. The number of nitrogens with zero attached hydrogens (tertiary/aromatic N) is 3. The second-order valence-corrected chi connectivity index (χ2v) is 5.04. The van der Waals surface area contributed by atoms with Gasteiger partial charge in [-0.2, -0.15) is 5.10 Å². The summed E-state index contributed by atoms with van der Waals surface area (Å²) in [6, 6.07) is 10.3. The second-order valence-electron chi connectivity index (χ2n) is 4.68. The third-order valence-corrected chi connectivity index (χ3v) is 3.81. The van der Waals surface area contributed by atoms with Crippen molar-refractivity contribution in [3.05, 3.63) is 64.1 Å². The predicted molar refractivity (Wildman–Crippen MR) is 76.7 cm³/mol. The van der Waals surface area contributed by atoms with Crippen LogP contribution in [0.25, 0.3) is 5.65 Å². The number of aryl methyl sites for hydroxylation is 1. The molecule has 0 aliphatic heterocycles. The average Bonchev–Trinajstić information content (AvgIpc) is 2.81. The highest BCUT2D eigenvalue weighted by atomic mass is 35.5. The van der Waals surface area contributed by atoms with Crippen molar-refractivity contribution in [3.63, 3.8) is 0 Å². The van der Waals surface area contributed by atoms with E-state index >= 15 is 0 Å². The molecule has 3 rings (SSSR count). The topological polar surface area (TPSA) is 30.2 Å². The van der Waals surface area contributed by atoms with Gasteiger partial charge in [-0.3, -0.25) is 0 Å². The minimum atomic E-state index is 0.641. The first kappa shape index (κ1) is 12.2. The SMILES string of the molecule is Cc1nc2c(Cc3ccccc3)cnn2c(Cl)c1C. The van der Waals surface area contributed by atoms with Gasteiger partial charge in [0.15, 0.2) is 5.65 Å². The molecule has 19 heavy (non-hydrogen) atoms. The average molecular weight is 272 g/mol. The molecule has 1 aromatic carbocycles. The van der Waals surface area contributed by atoms with E-state index in [1.165, 1.54) is 5.56 Å². The van der Waals surface area contributed by atoms with Crippen molar-refractivity contribution in [1.82, 2.24) is 14.6 Å². The van der Waals surface area contributed by atoms with Gasteiger partial charge in [0.05, 0.1) is 6.20 Å². The van der Waals surface area contributed by atoms with Crippen LogP contribution in [0.15, 0.2) is 36.5 Å². The number of fused-ring (bicyclic) bond motifs is 1. The molecule has 0 spiro atoms. The summed E-state index contributed by atoms with van der Waals surface area (Å²) in [5.41, 5.74) is 5.11. The summed E-state index contributed by atoms with van der Waals surface area (Å²) >= 11 is 6.31. The van der Waals surface area contributed by atoms with Crippen molar-refractivity contribution in [2.24, 2.45) is 0 Å². The number of rotatable bonds is 2. The Labute approximate surface area is 116 Å². The predicted octanol–water partition coefficient (Wildman–Crippen LogP) is 3.59. The first-order valence-corrected chi connectivity index (χ1v) is 6.58. The first-order valence-electron chi connectivity index (χ1n) is 6.20. The molecule has 0 atom stereocenters. The van der Waals surface area contributed by atoms with Crippen LogP contribution in [0, 0.1) is 13.8 Å². The Balaban J connectivity index is 2.11. The Bertz CT molecular complexity index is 732. The van der Waals surface area contributed by atoms with E-state index in [0.29, 0.717) is 5.15 Å². The van der Waals surface area contributed by atoms with E-state index in [1.807, 2.05) is 38.2 Å². The van der Waals surface area contributed by atoms with Crippen LogP contribution in [-0.2, 0) is 6.42 Å². The highest BCUT2D eigenvalue weighted by molar-refractivity contribution is 6.30. The van der Waals surface area contributed by atoms with Crippen molar-refractivity contribution in [2.75, 3.05) is 0 Å². The van der Waals surface area contributed by atoms with Crippen LogP contribution >= 0.6 is 11.6 Å². The lowest BCUT2D eigenvalue weighted by Crippen LogP contribution is -2.00. The van der Waals surface area contributed by atoms with Crippen molar-refractivity contribution in [2.45, 2.75) is 20.3 Å². The summed E-state index contributed by atoms with van der Waals surface area (Å²) in [7, 11) is 0. The molecule has 96 valence electrons. The lowest BCUT2D eigenvalue weighted by Gasteiger charge is -2.05. The lowest BCUT2D eigenvalue weighted by atomic mass is 10.1. The van der Waals surface area contributed by atoms with Gasteiger partial charge in [-0.05, 0) is 19.4 Å². The largest absolute Gasteiger partial charge is 0.233 e. The molecule has 0 amide bonds. The summed E-state index contributed by atoms with van der Waals surface area (Å²) in [5.74, 6) is 0. The van der Waals surface area contributed by atoms with Crippen molar-refractivity contribution >= 4 is 17.2 Å². The van der Waals surface area contributed by atoms with E-state index in [1.54, 1.807) is 4.52 Å². The van der Waals surface area contributed by atoms with E-state index in [0.717, 1.165) is 28.9 Å². The number of hydrogen-bond acceptors (Lipinski definition) is 2. The maximum Gasteiger partial charge on any atom is 0.160 e. The molecule has 0 radical (unpaired) electrons. The van der Waals surface area contributed by atoms with Crippen molar-refractivity contribution in [1.29, 1.82) is 0 Å². The molecule has 2 aromatic heterocycles. The van der Waals surface area contributed by atoms with Crippen LogP contribution in [-0.4, -0.2) is 14.6 Å². The molecule has 0 saturated heterocycles. The van der Waals surface area contributed by atoms with Gasteiger partial charge in [0.2, 0.25) is 0 Å². The van der Waals surface area contributed by atoms with Crippen LogP contribution in [0.3, 0.4) is 0 Å². The van der Waals surface area contributed by atoms with E-state index in [2.05, 4.69) is 22.2 Å². The summed E-state index contributed by atoms with van der Waals surface area (Å²) in [4.78, 5) is 4.61. The van der Waals surface area contributed by atoms with Crippen LogP contribution in [0.5, 0.6) is 0 Å². The number of halogens is 1. The smallest absolute Gasteiger partial charge is 0.160 e. The molecule has 0 bridgehead atoms. The summed E-state index contributed by atoms with van der Waals surface area (Å²) < 4.78 is 1.71. The van der Waals surface area contributed by atoms with Crippen LogP contribution in [0.2, 0.25) is 5.15 Å². The Morgan fingerprint density at radius 1 is 1.16 bits per heavy atom. The third-order valence-electron chi connectivity index (χ3n) is 3.37. The Hall–Kier alpha value is -1.87. The molecule has 3 aromatic rings. The van der Waals surface area contributed by atoms with Gasteiger partial charge in [0.1, 0.15) is 5.15 Å². The maximum absolute atomic E-state index is 6.31. The van der Waals surface area contributed by atoms with E-state index < -0.39 is 0 Å². The zero-order valence-corrected chi connectivity index (χ0v) is 11.6. The normalized spacial score (nSPS) is 11.1. The maximum atomic E-state index is 6.31. The van der Waals surface area contributed by atoms with Crippen molar-refractivity contribution in [3.8, 4) is 0 Å². The van der Waals surface area contributed by atoms with E-state index in [-0.39, 0.29) is 0 Å². The molecular formula is C15H14ClN3. The van der Waals surface area contributed by atoms with Gasteiger partial charge < -0.3 is 0 Å². The zero-order valence-electron chi connectivity index (χ0n) is 10.9. The van der Waals surface area contributed by atoms with Crippen LogP contribution in [0.1, 0.15) is 22.4 Å². The molecule has 3 nitrogen and oxygen atoms in total. The quantitative estimate of drug-likeness (QED) is 0.667. The van der Waals surface area contributed by atoms with E-state index in [4.69, 9.17) is 11.6 Å². The standard InChI is InChI=1S/C15H14ClN3/c1-10-11(2)18-15-13(9-17-19(15)14(10)16)8-12-6-4-3-5-7-12/h3-7,9H,8H2,1-2H3. The van der Waals surface area contributed by atoms with Crippen molar-refractivity contribution < 1.29 is 0 Å². The Morgan fingerprint density at radius 3 is 2.63 bits per heavy atom. The van der Waals surface area contributed by atoms with Gasteiger partial charge in [-0.25, -0.2) is 9.50 Å². The van der Waals surface area contributed by atoms with Gasteiger partial charge in [0, 0.05) is 23.2 Å². The third kappa shape index (κ3) is 2.10. The second kappa shape index (κ2) is 4.67. The molecular weight excluding hydrogens is 258 g/mol. The molecule has 0 unspecified atom stereocenters. The minimum Gasteiger partial charge on any atom is -0.233 e. The Kier molecular flexibility index (Phi) is 2.99. The number of aromatic nitrogens is 3. The summed E-state index contributed by atoms with van der Waals surface area (Å²) in [5, 5.41) is 4.98. The highest BCUT2D eigenvalue weighted by Crippen LogP contribution is 2.22. The number of benzene rings is 1. The zero-order chi connectivity index (χ0) is 13.4. The molecule has 4 heteroatoms. The first-order chi connectivity index (χ1) is 9.16. The monoisotopic (exact) mass is 271 g/mol. The molecule has 0 fully saturated rings. The summed E-state index contributed by atoms with van der Waals surface area (Å²) in [6.45, 7) is 3.93. The molecule has 0 aliphatic rings. The summed E-state index contributed by atoms with van der Waals surface area (Å²) in [6.07, 6.45) is 2.66. The van der Waals surface area contributed by atoms with Gasteiger partial charge in [0.25, 0.3) is 0 Å². The van der Waals surface area contributed by atoms with Crippen LogP contribution in [0.4, 0.5) is 0 Å². The fourth-order valence-electron chi connectivity index (χ4n) is 2.13.